The Morgan fingerprint density at radius 3 is 1.58 bits per heavy atom. The smallest absolute Gasteiger partial charge is 0.137 e. The molecule has 0 N–H and O–H groups in total. The van der Waals surface area contributed by atoms with E-state index in [4.69, 9.17) is 4.42 Å². The van der Waals surface area contributed by atoms with Crippen LogP contribution in [0.4, 0.5) is 17.1 Å². The normalized spacial score (nSPS) is 12.8. The molecule has 0 aliphatic heterocycles. The van der Waals surface area contributed by atoms with Crippen LogP contribution in [0.15, 0.2) is 235 Å². The Morgan fingerprint density at radius 1 is 0.379 bits per heavy atom. The quantitative estimate of drug-likeness (QED) is 0.159. The lowest BCUT2D eigenvalue weighted by atomic mass is 9.79. The zero-order valence-electron chi connectivity index (χ0n) is 36.7. The summed E-state index contributed by atoms with van der Waals surface area (Å²) in [6.07, 6.45) is 0. The van der Waals surface area contributed by atoms with Gasteiger partial charge < -0.3 is 13.9 Å². The summed E-state index contributed by atoms with van der Waals surface area (Å²) < 4.78 is 8.85. The van der Waals surface area contributed by atoms with Crippen molar-refractivity contribution in [2.75, 3.05) is 4.90 Å². The highest BCUT2D eigenvalue weighted by Crippen LogP contribution is 2.52. The molecule has 0 saturated heterocycles. The third-order valence-electron chi connectivity index (χ3n) is 14.0. The second-order valence-corrected chi connectivity index (χ2v) is 18.0. The maximum absolute atomic E-state index is 6.44. The highest BCUT2D eigenvalue weighted by Gasteiger charge is 2.37. The van der Waals surface area contributed by atoms with E-state index in [0.717, 1.165) is 44.6 Å². The van der Waals surface area contributed by atoms with E-state index >= 15 is 0 Å². The second-order valence-electron chi connectivity index (χ2n) is 18.0. The summed E-state index contributed by atoms with van der Waals surface area (Å²) in [5, 5.41) is 4.72. The number of para-hydroxylation sites is 4. The molecule has 2 aromatic heterocycles. The van der Waals surface area contributed by atoms with Gasteiger partial charge in [0.2, 0.25) is 0 Å². The number of aromatic nitrogens is 1. The van der Waals surface area contributed by atoms with Crippen LogP contribution in [0.2, 0.25) is 0 Å². The zero-order valence-corrected chi connectivity index (χ0v) is 36.7. The van der Waals surface area contributed by atoms with Crippen LogP contribution in [0.25, 0.3) is 93.9 Å². The second kappa shape index (κ2) is 14.8. The summed E-state index contributed by atoms with van der Waals surface area (Å²) in [4.78, 5) is 2.38. The monoisotopic (exact) mass is 844 g/mol. The Kier molecular flexibility index (Phi) is 8.56. The van der Waals surface area contributed by atoms with Crippen LogP contribution in [-0.4, -0.2) is 4.57 Å². The molecule has 13 rings (SSSR count). The van der Waals surface area contributed by atoms with Gasteiger partial charge >= 0.3 is 0 Å². The van der Waals surface area contributed by atoms with Gasteiger partial charge in [-0.1, -0.05) is 184 Å². The van der Waals surface area contributed by atoms with Gasteiger partial charge in [-0.15, -0.1) is 0 Å². The van der Waals surface area contributed by atoms with Crippen molar-refractivity contribution < 1.29 is 4.42 Å². The summed E-state index contributed by atoms with van der Waals surface area (Å²) in [6, 6.07) is 83.7. The molecule has 10 aromatic carbocycles. The summed E-state index contributed by atoms with van der Waals surface area (Å²) in [5.41, 5.74) is 21.1. The fraction of sp³-hybridized carbons (Fsp3) is 0.0476. The molecule has 0 saturated carbocycles. The minimum Gasteiger partial charge on any atom is -0.456 e. The Morgan fingerprint density at radius 2 is 0.864 bits per heavy atom. The van der Waals surface area contributed by atoms with E-state index in [1.807, 2.05) is 6.07 Å². The number of furan rings is 1. The lowest BCUT2D eigenvalue weighted by Gasteiger charge is -2.27. The van der Waals surface area contributed by atoms with E-state index < -0.39 is 0 Å². The number of hydrogen-bond acceptors (Lipinski definition) is 2. The average Bonchev–Trinajstić information content (AvgIpc) is 4.00. The SMILES string of the molecule is CC1(C)c2ccccc2-c2cccc(-c3ccc(N(c4ccc(-c5ccc(-c6ccccc6-n6c7ccccc7c7ccccc76)cc5)cc4)c4cccc5oc6ccccc6c45)cc3)c21. The van der Waals surface area contributed by atoms with Gasteiger partial charge in [0.1, 0.15) is 11.2 Å². The molecule has 312 valence electrons. The van der Waals surface area contributed by atoms with Crippen molar-refractivity contribution in [3.05, 3.63) is 242 Å². The molecule has 0 atom stereocenters. The summed E-state index contributed by atoms with van der Waals surface area (Å²) >= 11 is 0. The van der Waals surface area contributed by atoms with Crippen molar-refractivity contribution in [1.29, 1.82) is 0 Å². The van der Waals surface area contributed by atoms with Crippen LogP contribution in [0, 0.1) is 0 Å². The first-order chi connectivity index (χ1) is 32.5. The van der Waals surface area contributed by atoms with Gasteiger partial charge in [0.15, 0.2) is 0 Å². The van der Waals surface area contributed by atoms with Gasteiger partial charge in [-0.25, -0.2) is 0 Å². The zero-order chi connectivity index (χ0) is 43.9. The van der Waals surface area contributed by atoms with E-state index in [1.54, 1.807) is 0 Å². The average molecular weight is 845 g/mol. The molecule has 1 aliphatic rings. The Labute approximate surface area is 384 Å². The van der Waals surface area contributed by atoms with Gasteiger partial charge in [0.05, 0.1) is 27.8 Å². The third kappa shape index (κ3) is 5.83. The highest BCUT2D eigenvalue weighted by atomic mass is 16.3. The number of rotatable bonds is 7. The lowest BCUT2D eigenvalue weighted by molar-refractivity contribution is 0.662. The molecule has 12 aromatic rings. The van der Waals surface area contributed by atoms with Gasteiger partial charge in [0.25, 0.3) is 0 Å². The van der Waals surface area contributed by atoms with Crippen molar-refractivity contribution in [2.24, 2.45) is 0 Å². The minimum atomic E-state index is -0.106. The van der Waals surface area contributed by atoms with Gasteiger partial charge in [-0.05, 0) is 111 Å². The van der Waals surface area contributed by atoms with Crippen molar-refractivity contribution in [3.8, 4) is 50.2 Å². The topological polar surface area (TPSA) is 21.3 Å². The maximum atomic E-state index is 6.44. The summed E-state index contributed by atoms with van der Waals surface area (Å²) in [5.74, 6) is 0. The van der Waals surface area contributed by atoms with Crippen molar-refractivity contribution >= 4 is 60.8 Å². The standard InChI is InChI=1S/C63H44N2O/c1-63(2)54-22-8-3-16-49(54)52-21-13-20-48(62(52)63)44-35-39-46(40-36-44)64(58-26-14-28-60-61(58)53-19-7-12-27-59(53)66-60)45-37-33-42(34-38-45)41-29-31-43(32-30-41)47-15-4-9-23-55(47)65-56-24-10-5-17-50(56)51-18-6-11-25-57(51)65/h3-40H,1-2H3. The molecule has 3 heteroatoms. The molecule has 2 heterocycles. The van der Waals surface area contributed by atoms with E-state index in [0.29, 0.717) is 0 Å². The molecular weight excluding hydrogens is 801 g/mol. The molecule has 1 aliphatic carbocycles. The third-order valence-corrected chi connectivity index (χ3v) is 14.0. The first-order valence-electron chi connectivity index (χ1n) is 22.8. The predicted octanol–water partition coefficient (Wildman–Crippen LogP) is 17.5. The molecular formula is C63H44N2O. The van der Waals surface area contributed by atoms with Gasteiger partial charge in [-0.2, -0.15) is 0 Å². The number of benzene rings is 10. The fourth-order valence-corrected chi connectivity index (χ4v) is 11.0. The van der Waals surface area contributed by atoms with Crippen LogP contribution < -0.4 is 4.90 Å². The first-order valence-corrected chi connectivity index (χ1v) is 22.8. The van der Waals surface area contributed by atoms with Gasteiger partial charge in [0, 0.05) is 38.5 Å². The first kappa shape index (κ1) is 38.1. The van der Waals surface area contributed by atoms with Crippen LogP contribution in [0.1, 0.15) is 25.0 Å². The molecule has 0 bridgehead atoms. The number of anilines is 3. The molecule has 3 nitrogen and oxygen atoms in total. The Balaban J connectivity index is 0.879. The van der Waals surface area contributed by atoms with E-state index in [2.05, 4.69) is 248 Å². The predicted molar refractivity (Wildman–Crippen MR) is 277 cm³/mol. The molecule has 0 radical (unpaired) electrons. The van der Waals surface area contributed by atoms with Crippen LogP contribution in [-0.2, 0) is 5.41 Å². The number of nitrogens with zero attached hydrogens (tertiary/aromatic N) is 2. The fourth-order valence-electron chi connectivity index (χ4n) is 11.0. The Bertz CT molecular complexity index is 3780. The van der Waals surface area contributed by atoms with E-state index in [9.17, 15) is 0 Å². The number of hydrogen-bond donors (Lipinski definition) is 0. The van der Waals surface area contributed by atoms with Crippen LogP contribution >= 0.6 is 0 Å². The number of fused-ring (bicyclic) bond motifs is 9. The van der Waals surface area contributed by atoms with E-state index in [1.165, 1.54) is 77.6 Å². The maximum Gasteiger partial charge on any atom is 0.137 e. The highest BCUT2D eigenvalue weighted by molar-refractivity contribution is 6.13. The van der Waals surface area contributed by atoms with Gasteiger partial charge in [-0.3, -0.25) is 0 Å². The Hall–Kier alpha value is -8.40. The molecule has 0 spiro atoms. The van der Waals surface area contributed by atoms with Crippen LogP contribution in [0.3, 0.4) is 0 Å². The summed E-state index contributed by atoms with van der Waals surface area (Å²) in [7, 11) is 0. The lowest BCUT2D eigenvalue weighted by Crippen LogP contribution is -2.16. The molecule has 0 fully saturated rings. The van der Waals surface area contributed by atoms with Crippen LogP contribution in [0.5, 0.6) is 0 Å². The molecule has 0 amide bonds. The molecule has 66 heavy (non-hydrogen) atoms. The van der Waals surface area contributed by atoms with Crippen molar-refractivity contribution in [3.63, 3.8) is 0 Å². The van der Waals surface area contributed by atoms with Crippen molar-refractivity contribution in [1.82, 2.24) is 4.57 Å². The largest absolute Gasteiger partial charge is 0.456 e. The van der Waals surface area contributed by atoms with Crippen molar-refractivity contribution in [2.45, 2.75) is 19.3 Å². The summed E-state index contributed by atoms with van der Waals surface area (Å²) in [6.45, 7) is 4.72. The van der Waals surface area contributed by atoms with E-state index in [-0.39, 0.29) is 5.41 Å². The minimum absolute atomic E-state index is 0.106. The molecule has 0 unspecified atom stereocenters.